The van der Waals surface area contributed by atoms with Gasteiger partial charge in [0.1, 0.15) is 5.75 Å². The fraction of sp³-hybridized carbons (Fsp3) is 0.333. The Balaban J connectivity index is 2.40. The summed E-state index contributed by atoms with van der Waals surface area (Å²) in [7, 11) is 0. The van der Waals surface area contributed by atoms with Gasteiger partial charge < -0.3 is 10.4 Å². The van der Waals surface area contributed by atoms with E-state index in [4.69, 9.17) is 11.6 Å². The standard InChI is InChI=1S/C12H16ClNO/c1-2-3-4-7-14-9-10-8-11(13)5-6-12(10)15/h2-3,5-6,8,14-15H,4,7,9H2,1H3/b3-2+. The first-order valence-electron chi connectivity index (χ1n) is 5.03. The Bertz CT molecular complexity index is 336. The molecule has 1 aromatic rings. The van der Waals surface area contributed by atoms with E-state index in [2.05, 4.69) is 11.4 Å². The Kier molecular flexibility index (Phi) is 5.22. The number of phenolic OH excluding ortho intramolecular Hbond substituents is 1. The Hall–Kier alpha value is -0.990. The van der Waals surface area contributed by atoms with Crippen LogP contribution < -0.4 is 5.32 Å². The summed E-state index contributed by atoms with van der Waals surface area (Å²) in [6, 6.07) is 5.07. The number of aromatic hydroxyl groups is 1. The minimum absolute atomic E-state index is 0.290. The first-order chi connectivity index (χ1) is 7.24. The maximum Gasteiger partial charge on any atom is 0.120 e. The van der Waals surface area contributed by atoms with Gasteiger partial charge in [-0.05, 0) is 38.1 Å². The molecule has 0 saturated heterocycles. The van der Waals surface area contributed by atoms with Crippen molar-refractivity contribution in [1.82, 2.24) is 5.32 Å². The number of rotatable bonds is 5. The van der Waals surface area contributed by atoms with Crippen LogP contribution in [-0.2, 0) is 6.54 Å². The molecular formula is C12H16ClNO. The van der Waals surface area contributed by atoms with Crippen LogP contribution in [0.2, 0.25) is 5.02 Å². The van der Waals surface area contributed by atoms with Crippen molar-refractivity contribution in [1.29, 1.82) is 0 Å². The lowest BCUT2D eigenvalue weighted by Crippen LogP contribution is -2.14. The summed E-state index contributed by atoms with van der Waals surface area (Å²) >= 11 is 5.83. The number of hydrogen-bond donors (Lipinski definition) is 2. The van der Waals surface area contributed by atoms with Gasteiger partial charge in [-0.1, -0.05) is 23.8 Å². The number of hydrogen-bond acceptors (Lipinski definition) is 2. The maximum absolute atomic E-state index is 9.53. The van der Waals surface area contributed by atoms with Gasteiger partial charge in [0.15, 0.2) is 0 Å². The number of allylic oxidation sites excluding steroid dienone is 1. The molecule has 0 bridgehead atoms. The molecule has 2 nitrogen and oxygen atoms in total. The van der Waals surface area contributed by atoms with Crippen molar-refractivity contribution in [3.63, 3.8) is 0 Å². The van der Waals surface area contributed by atoms with Crippen molar-refractivity contribution in [3.8, 4) is 5.75 Å². The normalized spacial score (nSPS) is 11.1. The monoisotopic (exact) mass is 225 g/mol. The Morgan fingerprint density at radius 2 is 2.27 bits per heavy atom. The molecule has 0 aliphatic heterocycles. The molecule has 0 unspecified atom stereocenters. The second kappa shape index (κ2) is 6.49. The van der Waals surface area contributed by atoms with Gasteiger partial charge in [0.2, 0.25) is 0 Å². The quantitative estimate of drug-likeness (QED) is 0.596. The smallest absolute Gasteiger partial charge is 0.120 e. The van der Waals surface area contributed by atoms with Gasteiger partial charge in [-0.15, -0.1) is 0 Å². The number of phenols is 1. The van der Waals surface area contributed by atoms with Crippen molar-refractivity contribution in [2.45, 2.75) is 19.9 Å². The fourth-order valence-corrected chi connectivity index (χ4v) is 1.47. The molecule has 15 heavy (non-hydrogen) atoms. The number of nitrogens with one attached hydrogen (secondary N) is 1. The van der Waals surface area contributed by atoms with Crippen LogP contribution in [0.5, 0.6) is 5.75 Å². The highest BCUT2D eigenvalue weighted by Crippen LogP contribution is 2.20. The van der Waals surface area contributed by atoms with Crippen molar-refractivity contribution in [3.05, 3.63) is 40.9 Å². The van der Waals surface area contributed by atoms with Gasteiger partial charge >= 0.3 is 0 Å². The zero-order valence-corrected chi connectivity index (χ0v) is 9.59. The van der Waals surface area contributed by atoms with Crippen molar-refractivity contribution < 1.29 is 5.11 Å². The third kappa shape index (κ3) is 4.36. The molecule has 0 atom stereocenters. The number of halogens is 1. The second-order valence-corrected chi connectivity index (χ2v) is 3.74. The van der Waals surface area contributed by atoms with Crippen LogP contribution in [-0.4, -0.2) is 11.7 Å². The zero-order chi connectivity index (χ0) is 11.1. The summed E-state index contributed by atoms with van der Waals surface area (Å²) in [4.78, 5) is 0. The molecule has 0 aliphatic rings. The van der Waals surface area contributed by atoms with E-state index in [-0.39, 0.29) is 5.75 Å². The molecule has 82 valence electrons. The minimum Gasteiger partial charge on any atom is -0.508 e. The van der Waals surface area contributed by atoms with Crippen molar-refractivity contribution in [2.24, 2.45) is 0 Å². The van der Waals surface area contributed by atoms with Crippen molar-refractivity contribution in [2.75, 3.05) is 6.54 Å². The molecule has 0 aromatic heterocycles. The highest BCUT2D eigenvalue weighted by Gasteiger charge is 2.00. The lowest BCUT2D eigenvalue weighted by Gasteiger charge is -2.06. The number of benzene rings is 1. The predicted molar refractivity (Wildman–Crippen MR) is 64.3 cm³/mol. The second-order valence-electron chi connectivity index (χ2n) is 3.31. The Morgan fingerprint density at radius 1 is 1.47 bits per heavy atom. The first-order valence-corrected chi connectivity index (χ1v) is 5.41. The third-order valence-corrected chi connectivity index (χ3v) is 2.32. The molecule has 1 aromatic carbocycles. The molecule has 0 aliphatic carbocycles. The van der Waals surface area contributed by atoms with E-state index in [1.54, 1.807) is 18.2 Å². The summed E-state index contributed by atoms with van der Waals surface area (Å²) in [5, 5.41) is 13.4. The van der Waals surface area contributed by atoms with Gasteiger partial charge in [0, 0.05) is 17.1 Å². The summed E-state index contributed by atoms with van der Waals surface area (Å²) in [6.45, 7) is 3.54. The van der Waals surface area contributed by atoms with E-state index in [1.807, 2.05) is 13.0 Å². The lowest BCUT2D eigenvalue weighted by atomic mass is 10.2. The molecule has 0 saturated carbocycles. The summed E-state index contributed by atoms with van der Waals surface area (Å²) in [5.74, 6) is 0.290. The van der Waals surface area contributed by atoms with Crippen LogP contribution in [0.25, 0.3) is 0 Å². The van der Waals surface area contributed by atoms with Crippen LogP contribution in [0.3, 0.4) is 0 Å². The maximum atomic E-state index is 9.53. The van der Waals surface area contributed by atoms with E-state index in [9.17, 15) is 5.11 Å². The minimum atomic E-state index is 0.290. The van der Waals surface area contributed by atoms with Crippen LogP contribution in [0.15, 0.2) is 30.4 Å². The summed E-state index contributed by atoms with van der Waals surface area (Å²) in [6.07, 6.45) is 5.13. The molecule has 0 heterocycles. The van der Waals surface area contributed by atoms with Crippen LogP contribution in [0, 0.1) is 0 Å². The average Bonchev–Trinajstić information content (AvgIpc) is 2.23. The molecule has 2 N–H and O–H groups in total. The molecule has 3 heteroatoms. The molecule has 0 fully saturated rings. The third-order valence-electron chi connectivity index (χ3n) is 2.08. The molecule has 0 radical (unpaired) electrons. The predicted octanol–water partition coefficient (Wildman–Crippen LogP) is 3.10. The Labute approximate surface area is 95.6 Å². The van der Waals surface area contributed by atoms with Gasteiger partial charge in [-0.25, -0.2) is 0 Å². The Morgan fingerprint density at radius 3 is 3.00 bits per heavy atom. The van der Waals surface area contributed by atoms with Crippen LogP contribution >= 0.6 is 11.6 Å². The topological polar surface area (TPSA) is 32.3 Å². The van der Waals surface area contributed by atoms with Crippen molar-refractivity contribution >= 4 is 11.6 Å². The molecule has 0 amide bonds. The van der Waals surface area contributed by atoms with Crippen LogP contribution in [0.1, 0.15) is 18.9 Å². The average molecular weight is 226 g/mol. The van der Waals surface area contributed by atoms with E-state index in [0.29, 0.717) is 11.6 Å². The zero-order valence-electron chi connectivity index (χ0n) is 8.83. The van der Waals surface area contributed by atoms with Gasteiger partial charge in [0.25, 0.3) is 0 Å². The molecule has 1 rings (SSSR count). The summed E-state index contributed by atoms with van der Waals surface area (Å²) < 4.78 is 0. The van der Waals surface area contributed by atoms with Gasteiger partial charge in [0.05, 0.1) is 0 Å². The van der Waals surface area contributed by atoms with E-state index in [1.165, 1.54) is 0 Å². The molecule has 0 spiro atoms. The van der Waals surface area contributed by atoms with Gasteiger partial charge in [-0.3, -0.25) is 0 Å². The first kappa shape index (κ1) is 12.1. The SMILES string of the molecule is C/C=C/CCNCc1cc(Cl)ccc1O. The molecular weight excluding hydrogens is 210 g/mol. The fourth-order valence-electron chi connectivity index (χ4n) is 1.27. The van der Waals surface area contributed by atoms with E-state index in [0.717, 1.165) is 18.5 Å². The lowest BCUT2D eigenvalue weighted by molar-refractivity contribution is 0.464. The highest BCUT2D eigenvalue weighted by molar-refractivity contribution is 6.30. The van der Waals surface area contributed by atoms with Gasteiger partial charge in [-0.2, -0.15) is 0 Å². The highest BCUT2D eigenvalue weighted by atomic mass is 35.5. The van der Waals surface area contributed by atoms with E-state index >= 15 is 0 Å². The largest absolute Gasteiger partial charge is 0.508 e. The summed E-state index contributed by atoms with van der Waals surface area (Å²) in [5.41, 5.74) is 0.836. The van der Waals surface area contributed by atoms with Crippen LogP contribution in [0.4, 0.5) is 0 Å². The van der Waals surface area contributed by atoms with E-state index < -0.39 is 0 Å².